The lowest BCUT2D eigenvalue weighted by atomic mass is 10.1. The van der Waals surface area contributed by atoms with Crippen molar-refractivity contribution in [2.24, 2.45) is 5.73 Å². The minimum absolute atomic E-state index is 0.158. The second kappa shape index (κ2) is 7.57. The zero-order valence-corrected chi connectivity index (χ0v) is 13.2. The fraction of sp³-hybridized carbons (Fsp3) is 0.588. The molecule has 21 heavy (non-hydrogen) atoms. The van der Waals surface area contributed by atoms with Crippen LogP contribution in [0.15, 0.2) is 24.3 Å². The Morgan fingerprint density at radius 1 is 1.29 bits per heavy atom. The van der Waals surface area contributed by atoms with Crippen LogP contribution in [-0.2, 0) is 0 Å². The molecule has 1 aliphatic rings. The first-order valence-electron chi connectivity index (χ1n) is 7.95. The number of carbonyl (C=O) groups is 1. The molecule has 4 heteroatoms. The molecule has 1 fully saturated rings. The monoisotopic (exact) mass is 289 g/mol. The van der Waals surface area contributed by atoms with Crippen LogP contribution in [0, 0.1) is 6.92 Å². The van der Waals surface area contributed by atoms with Crippen molar-refractivity contribution in [1.29, 1.82) is 0 Å². The van der Waals surface area contributed by atoms with E-state index in [1.54, 1.807) is 0 Å². The third-order valence-corrected chi connectivity index (χ3v) is 4.35. The summed E-state index contributed by atoms with van der Waals surface area (Å²) in [6, 6.07) is 8.41. The van der Waals surface area contributed by atoms with E-state index in [0.717, 1.165) is 56.7 Å². The molecule has 0 aromatic heterocycles. The van der Waals surface area contributed by atoms with E-state index in [9.17, 15) is 4.79 Å². The van der Waals surface area contributed by atoms with Crippen molar-refractivity contribution in [1.82, 2.24) is 9.80 Å². The molecule has 0 aliphatic carbocycles. The minimum atomic E-state index is 0.158. The van der Waals surface area contributed by atoms with Crippen LogP contribution >= 0.6 is 0 Å². The lowest BCUT2D eigenvalue weighted by Crippen LogP contribution is -2.52. The van der Waals surface area contributed by atoms with E-state index < -0.39 is 0 Å². The molecular weight excluding hydrogens is 262 g/mol. The number of hydrogen-bond acceptors (Lipinski definition) is 3. The number of hydrogen-bond donors (Lipinski definition) is 1. The van der Waals surface area contributed by atoms with Crippen LogP contribution in [0.5, 0.6) is 0 Å². The van der Waals surface area contributed by atoms with Gasteiger partial charge in [0.25, 0.3) is 5.91 Å². The quantitative estimate of drug-likeness (QED) is 0.900. The molecule has 0 radical (unpaired) electrons. The third kappa shape index (κ3) is 4.05. The van der Waals surface area contributed by atoms with Crippen molar-refractivity contribution < 1.29 is 4.79 Å². The third-order valence-electron chi connectivity index (χ3n) is 4.35. The van der Waals surface area contributed by atoms with Crippen molar-refractivity contribution in [3.05, 3.63) is 35.4 Å². The molecule has 1 heterocycles. The summed E-state index contributed by atoms with van der Waals surface area (Å²) in [5.41, 5.74) is 7.62. The normalized spacial score (nSPS) is 17.8. The fourth-order valence-electron chi connectivity index (χ4n) is 3.09. The van der Waals surface area contributed by atoms with Gasteiger partial charge in [0.15, 0.2) is 0 Å². The number of nitrogens with zero attached hydrogens (tertiary/aromatic N) is 2. The van der Waals surface area contributed by atoms with E-state index in [0.29, 0.717) is 6.04 Å². The maximum atomic E-state index is 12.5. The smallest absolute Gasteiger partial charge is 0.253 e. The second-order valence-corrected chi connectivity index (χ2v) is 5.84. The standard InChI is InChI=1S/C17H27N3O/c1-3-16(7-8-18)19-9-11-20(12-10-19)17(21)15-6-4-5-14(2)13-15/h4-6,13,16H,3,7-12,18H2,1-2H3. The molecule has 1 atom stereocenters. The topological polar surface area (TPSA) is 49.6 Å². The highest BCUT2D eigenvalue weighted by molar-refractivity contribution is 5.94. The van der Waals surface area contributed by atoms with Crippen LogP contribution < -0.4 is 5.73 Å². The number of amides is 1. The van der Waals surface area contributed by atoms with Crippen LogP contribution in [0.4, 0.5) is 0 Å². The van der Waals surface area contributed by atoms with E-state index in [1.807, 2.05) is 36.1 Å². The Morgan fingerprint density at radius 3 is 2.57 bits per heavy atom. The highest BCUT2D eigenvalue weighted by Gasteiger charge is 2.25. The second-order valence-electron chi connectivity index (χ2n) is 5.84. The first kappa shape index (κ1) is 16.0. The van der Waals surface area contributed by atoms with Crippen molar-refractivity contribution >= 4 is 5.91 Å². The summed E-state index contributed by atoms with van der Waals surface area (Å²) in [6.07, 6.45) is 2.17. The molecule has 2 rings (SSSR count). The Kier molecular flexibility index (Phi) is 5.76. The van der Waals surface area contributed by atoms with Gasteiger partial charge in [-0.25, -0.2) is 0 Å². The number of rotatable bonds is 5. The van der Waals surface area contributed by atoms with Gasteiger partial charge in [0.2, 0.25) is 0 Å². The number of aryl methyl sites for hydroxylation is 1. The summed E-state index contributed by atoms with van der Waals surface area (Å²) in [6.45, 7) is 8.51. The summed E-state index contributed by atoms with van der Waals surface area (Å²) < 4.78 is 0. The lowest BCUT2D eigenvalue weighted by molar-refractivity contribution is 0.0557. The first-order valence-corrected chi connectivity index (χ1v) is 7.95. The largest absolute Gasteiger partial charge is 0.336 e. The number of nitrogens with two attached hydrogens (primary N) is 1. The fourth-order valence-corrected chi connectivity index (χ4v) is 3.09. The van der Waals surface area contributed by atoms with Gasteiger partial charge in [0.05, 0.1) is 0 Å². The van der Waals surface area contributed by atoms with Crippen molar-refractivity contribution in [3.63, 3.8) is 0 Å². The minimum Gasteiger partial charge on any atom is -0.336 e. The predicted octanol–water partition coefficient (Wildman–Crippen LogP) is 1.88. The predicted molar refractivity (Wildman–Crippen MR) is 86.4 cm³/mol. The molecule has 0 bridgehead atoms. The number of piperazine rings is 1. The van der Waals surface area contributed by atoms with Crippen molar-refractivity contribution in [3.8, 4) is 0 Å². The SMILES string of the molecule is CCC(CCN)N1CCN(C(=O)c2cccc(C)c2)CC1. The van der Waals surface area contributed by atoms with Gasteiger partial charge in [-0.3, -0.25) is 9.69 Å². The molecule has 1 aliphatic heterocycles. The molecular formula is C17H27N3O. The van der Waals surface area contributed by atoms with E-state index in [2.05, 4.69) is 11.8 Å². The Balaban J connectivity index is 1.93. The van der Waals surface area contributed by atoms with Gasteiger partial charge in [0.1, 0.15) is 0 Å². The maximum absolute atomic E-state index is 12.5. The summed E-state index contributed by atoms with van der Waals surface area (Å²) in [5.74, 6) is 0.158. The Morgan fingerprint density at radius 2 is 2.00 bits per heavy atom. The molecule has 0 spiro atoms. The first-order chi connectivity index (χ1) is 10.2. The van der Waals surface area contributed by atoms with E-state index in [1.165, 1.54) is 0 Å². The molecule has 2 N–H and O–H groups in total. The molecule has 1 aromatic rings. The highest BCUT2D eigenvalue weighted by atomic mass is 16.2. The van der Waals surface area contributed by atoms with E-state index in [-0.39, 0.29) is 5.91 Å². The molecule has 1 unspecified atom stereocenters. The highest BCUT2D eigenvalue weighted by Crippen LogP contribution is 2.14. The van der Waals surface area contributed by atoms with Gasteiger partial charge in [-0.1, -0.05) is 24.6 Å². The molecule has 116 valence electrons. The van der Waals surface area contributed by atoms with Crippen molar-refractivity contribution in [2.75, 3.05) is 32.7 Å². The Labute approximate surface area is 127 Å². The van der Waals surface area contributed by atoms with Crippen LogP contribution in [0.3, 0.4) is 0 Å². The molecule has 0 saturated carbocycles. The van der Waals surface area contributed by atoms with Gasteiger partial charge in [0, 0.05) is 37.8 Å². The molecule has 1 saturated heterocycles. The van der Waals surface area contributed by atoms with Crippen molar-refractivity contribution in [2.45, 2.75) is 32.7 Å². The summed E-state index contributed by atoms with van der Waals surface area (Å²) >= 11 is 0. The zero-order chi connectivity index (χ0) is 15.2. The average Bonchev–Trinajstić information content (AvgIpc) is 2.52. The number of benzene rings is 1. The van der Waals surface area contributed by atoms with Crippen LogP contribution in [0.25, 0.3) is 0 Å². The van der Waals surface area contributed by atoms with Gasteiger partial charge >= 0.3 is 0 Å². The molecule has 1 aromatic carbocycles. The Bertz CT molecular complexity index is 467. The lowest BCUT2D eigenvalue weighted by Gasteiger charge is -2.39. The molecule has 1 amide bonds. The average molecular weight is 289 g/mol. The number of carbonyl (C=O) groups excluding carboxylic acids is 1. The summed E-state index contributed by atoms with van der Waals surface area (Å²) in [5, 5.41) is 0. The maximum Gasteiger partial charge on any atom is 0.253 e. The van der Waals surface area contributed by atoms with Crippen LogP contribution in [0.1, 0.15) is 35.7 Å². The van der Waals surface area contributed by atoms with Gasteiger partial charge in [-0.05, 0) is 38.4 Å². The zero-order valence-electron chi connectivity index (χ0n) is 13.2. The molecule has 4 nitrogen and oxygen atoms in total. The van der Waals surface area contributed by atoms with E-state index >= 15 is 0 Å². The summed E-state index contributed by atoms with van der Waals surface area (Å²) in [4.78, 5) is 17.0. The van der Waals surface area contributed by atoms with Gasteiger partial charge in [-0.15, -0.1) is 0 Å². The van der Waals surface area contributed by atoms with Crippen LogP contribution in [-0.4, -0.2) is 54.5 Å². The van der Waals surface area contributed by atoms with Gasteiger partial charge < -0.3 is 10.6 Å². The Hall–Kier alpha value is -1.39. The van der Waals surface area contributed by atoms with E-state index in [4.69, 9.17) is 5.73 Å². The van der Waals surface area contributed by atoms with Crippen LogP contribution in [0.2, 0.25) is 0 Å². The van der Waals surface area contributed by atoms with Gasteiger partial charge in [-0.2, -0.15) is 0 Å². The summed E-state index contributed by atoms with van der Waals surface area (Å²) in [7, 11) is 0.